The molecule has 0 saturated carbocycles. The topological polar surface area (TPSA) is 68.6 Å². The van der Waals surface area contributed by atoms with Crippen molar-refractivity contribution in [3.05, 3.63) is 63.2 Å². The van der Waals surface area contributed by atoms with Gasteiger partial charge in [0, 0.05) is 5.56 Å². The van der Waals surface area contributed by atoms with E-state index in [0.717, 1.165) is 4.68 Å². The van der Waals surface area contributed by atoms with E-state index in [2.05, 4.69) is 10.1 Å². The number of fused-ring (bicyclic) bond motifs is 1. The van der Waals surface area contributed by atoms with Crippen LogP contribution in [-0.2, 0) is 0 Å². The molecule has 0 aliphatic carbocycles. The fraction of sp³-hybridized carbons (Fsp3) is 0.211. The zero-order valence-electron chi connectivity index (χ0n) is 14.7. The third-order valence-corrected chi connectivity index (χ3v) is 3.95. The quantitative estimate of drug-likeness (QED) is 0.549. The third kappa shape index (κ3) is 3.52. The normalized spacial score (nSPS) is 11.4. The SMILES string of the molecule is COc1cccc(/C=N\n2c(=S)[nH]c3ccccc3c2=O)c1OC(C)C. The van der Waals surface area contributed by atoms with E-state index in [1.54, 1.807) is 31.5 Å². The smallest absolute Gasteiger partial charge is 0.282 e. The predicted molar refractivity (Wildman–Crippen MR) is 105 cm³/mol. The lowest BCUT2D eigenvalue weighted by Crippen LogP contribution is -2.18. The van der Waals surface area contributed by atoms with Gasteiger partial charge in [-0.2, -0.15) is 9.78 Å². The van der Waals surface area contributed by atoms with Crippen molar-refractivity contribution >= 4 is 29.3 Å². The number of hydrogen-bond donors (Lipinski definition) is 1. The van der Waals surface area contributed by atoms with Gasteiger partial charge in [0.05, 0.1) is 30.3 Å². The number of ether oxygens (including phenoxy) is 2. The second kappa shape index (κ2) is 7.53. The maximum atomic E-state index is 12.7. The summed E-state index contributed by atoms with van der Waals surface area (Å²) in [6.45, 7) is 3.86. The van der Waals surface area contributed by atoms with Crippen LogP contribution in [0.1, 0.15) is 19.4 Å². The summed E-state index contributed by atoms with van der Waals surface area (Å²) in [4.78, 5) is 15.7. The average molecular weight is 369 g/mol. The lowest BCUT2D eigenvalue weighted by atomic mass is 10.2. The summed E-state index contributed by atoms with van der Waals surface area (Å²) in [5, 5.41) is 4.79. The first-order chi connectivity index (χ1) is 12.5. The lowest BCUT2D eigenvalue weighted by Gasteiger charge is -2.15. The van der Waals surface area contributed by atoms with Gasteiger partial charge >= 0.3 is 0 Å². The highest BCUT2D eigenvalue weighted by Gasteiger charge is 2.11. The second-order valence-corrected chi connectivity index (χ2v) is 6.27. The number of nitrogens with one attached hydrogen (secondary N) is 1. The Morgan fingerprint density at radius 2 is 1.96 bits per heavy atom. The minimum absolute atomic E-state index is 0.0373. The molecule has 6 nitrogen and oxygen atoms in total. The van der Waals surface area contributed by atoms with Crippen molar-refractivity contribution < 1.29 is 9.47 Å². The van der Waals surface area contributed by atoms with Crippen molar-refractivity contribution in [1.82, 2.24) is 9.66 Å². The standard InChI is InChI=1S/C19H19N3O3S/c1-12(2)25-17-13(7-6-10-16(17)24-3)11-20-22-18(23)14-8-4-5-9-15(14)21-19(22)26/h4-12H,1-3H3,(H,21,26)/b20-11-. The second-order valence-electron chi connectivity index (χ2n) is 5.88. The molecule has 26 heavy (non-hydrogen) atoms. The molecule has 0 amide bonds. The van der Waals surface area contributed by atoms with E-state index in [9.17, 15) is 4.79 Å². The van der Waals surface area contributed by atoms with Crippen LogP contribution in [0, 0.1) is 4.77 Å². The molecule has 2 aromatic carbocycles. The molecule has 0 saturated heterocycles. The molecule has 7 heteroatoms. The van der Waals surface area contributed by atoms with Crippen LogP contribution in [0.5, 0.6) is 11.5 Å². The van der Waals surface area contributed by atoms with E-state index >= 15 is 0 Å². The molecule has 0 aliphatic rings. The fourth-order valence-electron chi connectivity index (χ4n) is 2.53. The van der Waals surface area contributed by atoms with Crippen LogP contribution in [0.3, 0.4) is 0 Å². The fourth-order valence-corrected chi connectivity index (χ4v) is 2.77. The van der Waals surface area contributed by atoms with E-state index in [0.29, 0.717) is 28.0 Å². The molecular formula is C19H19N3O3S. The van der Waals surface area contributed by atoms with Crippen molar-refractivity contribution in [2.24, 2.45) is 5.10 Å². The number of aromatic amines is 1. The summed E-state index contributed by atoms with van der Waals surface area (Å²) in [6, 6.07) is 12.6. The van der Waals surface area contributed by atoms with Crippen molar-refractivity contribution in [1.29, 1.82) is 0 Å². The van der Waals surface area contributed by atoms with Crippen molar-refractivity contribution in [3.63, 3.8) is 0 Å². The van der Waals surface area contributed by atoms with E-state index < -0.39 is 0 Å². The molecule has 0 spiro atoms. The summed E-state index contributed by atoms with van der Waals surface area (Å²) in [5.41, 5.74) is 1.08. The van der Waals surface area contributed by atoms with Gasteiger partial charge in [0.25, 0.3) is 5.56 Å². The Hall–Kier alpha value is -2.93. The number of aromatic nitrogens is 2. The van der Waals surface area contributed by atoms with Crippen LogP contribution >= 0.6 is 12.2 Å². The molecule has 0 aliphatic heterocycles. The van der Waals surface area contributed by atoms with Gasteiger partial charge in [-0.1, -0.05) is 18.2 Å². The van der Waals surface area contributed by atoms with Gasteiger partial charge in [0.1, 0.15) is 0 Å². The number of para-hydroxylation sites is 2. The molecule has 1 heterocycles. The zero-order chi connectivity index (χ0) is 18.7. The highest BCUT2D eigenvalue weighted by atomic mass is 32.1. The van der Waals surface area contributed by atoms with Crippen LogP contribution in [-0.4, -0.2) is 29.1 Å². The monoisotopic (exact) mass is 369 g/mol. The Balaban J connectivity index is 2.10. The van der Waals surface area contributed by atoms with E-state index in [-0.39, 0.29) is 16.4 Å². The molecule has 1 N–H and O–H groups in total. The number of rotatable bonds is 5. The first-order valence-electron chi connectivity index (χ1n) is 8.13. The summed E-state index contributed by atoms with van der Waals surface area (Å²) < 4.78 is 12.6. The van der Waals surface area contributed by atoms with Gasteiger partial charge < -0.3 is 14.5 Å². The summed E-state index contributed by atoms with van der Waals surface area (Å²) in [7, 11) is 1.58. The van der Waals surface area contributed by atoms with Crippen LogP contribution in [0.4, 0.5) is 0 Å². The third-order valence-electron chi connectivity index (χ3n) is 3.68. The van der Waals surface area contributed by atoms with Gasteiger partial charge in [-0.15, -0.1) is 0 Å². The first-order valence-corrected chi connectivity index (χ1v) is 8.54. The van der Waals surface area contributed by atoms with Crippen LogP contribution in [0.15, 0.2) is 52.4 Å². The summed E-state index contributed by atoms with van der Waals surface area (Å²) in [5.74, 6) is 1.16. The molecular weight excluding hydrogens is 350 g/mol. The maximum Gasteiger partial charge on any atom is 0.282 e. The number of hydrogen-bond acceptors (Lipinski definition) is 5. The largest absolute Gasteiger partial charge is 0.493 e. The van der Waals surface area contributed by atoms with Crippen molar-refractivity contribution in [3.8, 4) is 11.5 Å². The molecule has 3 rings (SSSR count). The zero-order valence-corrected chi connectivity index (χ0v) is 15.5. The van der Waals surface area contributed by atoms with Crippen LogP contribution in [0.2, 0.25) is 0 Å². The number of nitrogens with zero attached hydrogens (tertiary/aromatic N) is 2. The maximum absolute atomic E-state index is 12.7. The Bertz CT molecular complexity index is 1080. The van der Waals surface area contributed by atoms with Crippen molar-refractivity contribution in [2.45, 2.75) is 20.0 Å². The Kier molecular flexibility index (Phi) is 5.18. The minimum atomic E-state index is -0.283. The minimum Gasteiger partial charge on any atom is -0.493 e. The molecule has 3 aromatic rings. The number of H-pyrrole nitrogens is 1. The van der Waals surface area contributed by atoms with Gasteiger partial charge in [0.15, 0.2) is 11.5 Å². The molecule has 0 unspecified atom stereocenters. The summed E-state index contributed by atoms with van der Waals surface area (Å²) in [6.07, 6.45) is 1.50. The molecule has 0 fully saturated rings. The van der Waals surface area contributed by atoms with E-state index in [1.165, 1.54) is 0 Å². The van der Waals surface area contributed by atoms with Crippen molar-refractivity contribution in [2.75, 3.05) is 7.11 Å². The van der Waals surface area contributed by atoms with Crippen LogP contribution < -0.4 is 15.0 Å². The number of benzene rings is 2. The molecule has 1 aromatic heterocycles. The van der Waals surface area contributed by atoms with Gasteiger partial charge in [-0.05, 0) is 50.3 Å². The van der Waals surface area contributed by atoms with E-state index in [4.69, 9.17) is 21.7 Å². The highest BCUT2D eigenvalue weighted by molar-refractivity contribution is 7.71. The molecule has 134 valence electrons. The average Bonchev–Trinajstić information content (AvgIpc) is 2.62. The van der Waals surface area contributed by atoms with Gasteiger partial charge in [-0.3, -0.25) is 4.79 Å². The summed E-state index contributed by atoms with van der Waals surface area (Å²) >= 11 is 5.27. The molecule has 0 radical (unpaired) electrons. The number of methoxy groups -OCH3 is 1. The van der Waals surface area contributed by atoms with Gasteiger partial charge in [-0.25, -0.2) is 0 Å². The predicted octanol–water partition coefficient (Wildman–Crippen LogP) is 3.74. The highest BCUT2D eigenvalue weighted by Crippen LogP contribution is 2.31. The Labute approximate surface area is 155 Å². The van der Waals surface area contributed by atoms with E-state index in [1.807, 2.05) is 38.1 Å². The lowest BCUT2D eigenvalue weighted by molar-refractivity contribution is 0.230. The van der Waals surface area contributed by atoms with Crippen LogP contribution in [0.25, 0.3) is 10.9 Å². The van der Waals surface area contributed by atoms with Gasteiger partial charge in [0.2, 0.25) is 4.77 Å². The molecule has 0 atom stereocenters. The first kappa shape index (κ1) is 17.9. The Morgan fingerprint density at radius 3 is 2.69 bits per heavy atom. The Morgan fingerprint density at radius 1 is 1.19 bits per heavy atom. The molecule has 0 bridgehead atoms.